The van der Waals surface area contributed by atoms with Crippen LogP contribution in [-0.2, 0) is 4.74 Å². The predicted molar refractivity (Wildman–Crippen MR) is 56.7 cm³/mol. The highest BCUT2D eigenvalue weighted by Crippen LogP contribution is 2.42. The summed E-state index contributed by atoms with van der Waals surface area (Å²) >= 11 is 0. The molecule has 1 heterocycles. The molecular formula is C12H24O. The van der Waals surface area contributed by atoms with E-state index in [0.717, 1.165) is 0 Å². The van der Waals surface area contributed by atoms with Crippen LogP contribution in [0.3, 0.4) is 0 Å². The zero-order valence-electron chi connectivity index (χ0n) is 9.92. The van der Waals surface area contributed by atoms with Gasteiger partial charge in [0.2, 0.25) is 0 Å². The molecule has 1 fully saturated rings. The Morgan fingerprint density at radius 3 is 2.15 bits per heavy atom. The summed E-state index contributed by atoms with van der Waals surface area (Å²) in [5.41, 5.74) is 0.437. The molecule has 0 spiro atoms. The highest BCUT2D eigenvalue weighted by Gasteiger charge is 2.39. The van der Waals surface area contributed by atoms with Crippen molar-refractivity contribution in [3.8, 4) is 0 Å². The SMILES string of the molecule is CC(C)[C@H]1CC(C)(C)[C@@H](C)[C@H](C)O1. The van der Waals surface area contributed by atoms with Crippen molar-refractivity contribution in [2.24, 2.45) is 17.3 Å². The van der Waals surface area contributed by atoms with Gasteiger partial charge < -0.3 is 4.74 Å². The molecule has 3 atom stereocenters. The van der Waals surface area contributed by atoms with Crippen LogP contribution in [0.1, 0.15) is 48.0 Å². The van der Waals surface area contributed by atoms with Crippen molar-refractivity contribution < 1.29 is 4.74 Å². The third-order valence-corrected chi connectivity index (χ3v) is 3.80. The minimum Gasteiger partial charge on any atom is -0.375 e. The van der Waals surface area contributed by atoms with E-state index in [9.17, 15) is 0 Å². The molecule has 0 unspecified atom stereocenters. The summed E-state index contributed by atoms with van der Waals surface area (Å²) in [6, 6.07) is 0. The van der Waals surface area contributed by atoms with Crippen LogP contribution >= 0.6 is 0 Å². The van der Waals surface area contributed by atoms with Crippen molar-refractivity contribution in [1.82, 2.24) is 0 Å². The van der Waals surface area contributed by atoms with Crippen molar-refractivity contribution in [1.29, 1.82) is 0 Å². The monoisotopic (exact) mass is 184 g/mol. The topological polar surface area (TPSA) is 9.23 Å². The van der Waals surface area contributed by atoms with Crippen LogP contribution in [0.15, 0.2) is 0 Å². The van der Waals surface area contributed by atoms with Crippen LogP contribution in [0.4, 0.5) is 0 Å². The number of ether oxygens (including phenoxy) is 1. The standard InChI is InChI=1S/C12H24O/c1-8(2)11-7-12(5,6)9(3)10(4)13-11/h8-11H,7H2,1-6H3/t9-,10-,11+/m0/s1. The predicted octanol–water partition coefficient (Wildman–Crippen LogP) is 3.48. The highest BCUT2D eigenvalue weighted by molar-refractivity contribution is 4.88. The first-order valence-electron chi connectivity index (χ1n) is 5.50. The molecule has 0 amide bonds. The third-order valence-electron chi connectivity index (χ3n) is 3.80. The van der Waals surface area contributed by atoms with E-state index in [0.29, 0.717) is 29.5 Å². The molecule has 0 radical (unpaired) electrons. The lowest BCUT2D eigenvalue weighted by molar-refractivity contribution is -0.138. The first kappa shape index (κ1) is 11.0. The maximum absolute atomic E-state index is 6.00. The maximum atomic E-state index is 6.00. The molecule has 0 aromatic carbocycles. The summed E-state index contributed by atoms with van der Waals surface area (Å²) in [5, 5.41) is 0. The minimum atomic E-state index is 0.413. The summed E-state index contributed by atoms with van der Waals surface area (Å²) in [7, 11) is 0. The highest BCUT2D eigenvalue weighted by atomic mass is 16.5. The second-order valence-electron chi connectivity index (χ2n) is 5.61. The normalized spacial score (nSPS) is 39.5. The third kappa shape index (κ3) is 2.25. The van der Waals surface area contributed by atoms with Gasteiger partial charge in [-0.15, -0.1) is 0 Å². The van der Waals surface area contributed by atoms with Gasteiger partial charge in [-0.05, 0) is 30.6 Å². The van der Waals surface area contributed by atoms with E-state index in [-0.39, 0.29) is 0 Å². The Morgan fingerprint density at radius 1 is 1.23 bits per heavy atom. The largest absolute Gasteiger partial charge is 0.375 e. The van der Waals surface area contributed by atoms with Gasteiger partial charge >= 0.3 is 0 Å². The molecule has 0 aliphatic carbocycles. The van der Waals surface area contributed by atoms with Gasteiger partial charge in [0.1, 0.15) is 0 Å². The molecule has 0 saturated carbocycles. The lowest BCUT2D eigenvalue weighted by atomic mass is 9.70. The summed E-state index contributed by atoms with van der Waals surface area (Å²) in [4.78, 5) is 0. The Bertz CT molecular complexity index is 172. The van der Waals surface area contributed by atoms with Crippen molar-refractivity contribution in [2.45, 2.75) is 60.2 Å². The maximum Gasteiger partial charge on any atom is 0.0607 e. The van der Waals surface area contributed by atoms with Crippen molar-refractivity contribution in [3.63, 3.8) is 0 Å². The summed E-state index contributed by atoms with van der Waals surface area (Å²) in [6.07, 6.45) is 2.08. The van der Waals surface area contributed by atoms with Crippen LogP contribution in [0.2, 0.25) is 0 Å². The molecule has 13 heavy (non-hydrogen) atoms. The van der Waals surface area contributed by atoms with Gasteiger partial charge in [0.25, 0.3) is 0 Å². The molecule has 0 N–H and O–H groups in total. The van der Waals surface area contributed by atoms with Gasteiger partial charge in [0.05, 0.1) is 12.2 Å². The average molecular weight is 184 g/mol. The summed E-state index contributed by atoms with van der Waals surface area (Å²) in [5.74, 6) is 1.32. The van der Waals surface area contributed by atoms with Crippen molar-refractivity contribution in [2.75, 3.05) is 0 Å². The quantitative estimate of drug-likeness (QED) is 0.606. The van der Waals surface area contributed by atoms with E-state index < -0.39 is 0 Å². The molecular weight excluding hydrogens is 160 g/mol. The van der Waals surface area contributed by atoms with E-state index in [4.69, 9.17) is 4.74 Å². The summed E-state index contributed by atoms with van der Waals surface area (Å²) in [6.45, 7) is 13.8. The number of rotatable bonds is 1. The molecule has 0 bridgehead atoms. The molecule has 1 saturated heterocycles. The zero-order chi connectivity index (χ0) is 10.2. The van der Waals surface area contributed by atoms with E-state index in [1.807, 2.05) is 0 Å². The second kappa shape index (κ2) is 3.61. The van der Waals surface area contributed by atoms with Gasteiger partial charge in [-0.25, -0.2) is 0 Å². The Balaban J connectivity index is 2.70. The van der Waals surface area contributed by atoms with Crippen molar-refractivity contribution >= 4 is 0 Å². The first-order chi connectivity index (χ1) is 5.84. The van der Waals surface area contributed by atoms with Gasteiger partial charge in [-0.3, -0.25) is 0 Å². The van der Waals surface area contributed by atoms with Crippen LogP contribution in [0.5, 0.6) is 0 Å². The fourth-order valence-corrected chi connectivity index (χ4v) is 2.17. The van der Waals surface area contributed by atoms with Gasteiger partial charge in [0.15, 0.2) is 0 Å². The summed E-state index contributed by atoms with van der Waals surface area (Å²) < 4.78 is 6.00. The fourth-order valence-electron chi connectivity index (χ4n) is 2.17. The average Bonchev–Trinajstić information content (AvgIpc) is 1.99. The smallest absolute Gasteiger partial charge is 0.0607 e. The molecule has 0 aromatic rings. The Hall–Kier alpha value is -0.0400. The van der Waals surface area contributed by atoms with Gasteiger partial charge in [0, 0.05) is 0 Å². The Morgan fingerprint density at radius 2 is 1.77 bits per heavy atom. The Kier molecular flexibility index (Phi) is 3.06. The lowest BCUT2D eigenvalue weighted by Gasteiger charge is -2.46. The van der Waals surface area contributed by atoms with Crippen LogP contribution in [0, 0.1) is 17.3 Å². The van der Waals surface area contributed by atoms with Crippen LogP contribution in [0.25, 0.3) is 0 Å². The molecule has 1 aliphatic heterocycles. The van der Waals surface area contributed by atoms with E-state index in [2.05, 4.69) is 41.5 Å². The lowest BCUT2D eigenvalue weighted by Crippen LogP contribution is -2.44. The van der Waals surface area contributed by atoms with E-state index >= 15 is 0 Å². The Labute approximate surface area is 82.9 Å². The number of hydrogen-bond acceptors (Lipinski definition) is 1. The van der Waals surface area contributed by atoms with Crippen molar-refractivity contribution in [3.05, 3.63) is 0 Å². The fraction of sp³-hybridized carbons (Fsp3) is 1.00. The molecule has 1 aliphatic rings. The molecule has 1 rings (SSSR count). The van der Waals surface area contributed by atoms with E-state index in [1.165, 1.54) is 6.42 Å². The van der Waals surface area contributed by atoms with E-state index in [1.54, 1.807) is 0 Å². The van der Waals surface area contributed by atoms with Crippen LogP contribution in [-0.4, -0.2) is 12.2 Å². The molecule has 0 aromatic heterocycles. The molecule has 78 valence electrons. The second-order valence-corrected chi connectivity index (χ2v) is 5.61. The van der Waals surface area contributed by atoms with Gasteiger partial charge in [-0.1, -0.05) is 34.6 Å². The van der Waals surface area contributed by atoms with Crippen LogP contribution < -0.4 is 0 Å². The number of hydrogen-bond donors (Lipinski definition) is 0. The minimum absolute atomic E-state index is 0.413. The molecule has 1 heteroatoms. The van der Waals surface area contributed by atoms with Gasteiger partial charge in [-0.2, -0.15) is 0 Å². The zero-order valence-corrected chi connectivity index (χ0v) is 9.92. The first-order valence-corrected chi connectivity index (χ1v) is 5.50. The molecule has 1 nitrogen and oxygen atoms in total.